The van der Waals surface area contributed by atoms with Gasteiger partial charge in [-0.1, -0.05) is 23.7 Å². The van der Waals surface area contributed by atoms with E-state index >= 15 is 0 Å². The molecular formula is C13H12N2O3. The topological polar surface area (TPSA) is 76.2 Å². The molecule has 0 aliphatic heterocycles. The predicted molar refractivity (Wildman–Crippen MR) is 63.3 cm³/mol. The lowest BCUT2D eigenvalue weighted by Gasteiger charge is -2.20. The van der Waals surface area contributed by atoms with Crippen molar-refractivity contribution in [1.29, 1.82) is 0 Å². The van der Waals surface area contributed by atoms with Crippen molar-refractivity contribution >= 4 is 5.97 Å². The zero-order valence-corrected chi connectivity index (χ0v) is 9.67. The number of aromatic carboxylic acids is 1. The molecule has 1 saturated carbocycles. The number of aromatic nitrogens is 2. The highest BCUT2D eigenvalue weighted by atomic mass is 16.5. The van der Waals surface area contributed by atoms with Gasteiger partial charge in [-0.25, -0.2) is 4.79 Å². The Morgan fingerprint density at radius 3 is 2.78 bits per heavy atom. The first-order valence-electron chi connectivity index (χ1n) is 5.92. The number of rotatable bonds is 3. The predicted octanol–water partition coefficient (Wildman–Crippen LogP) is 2.70. The first kappa shape index (κ1) is 11.0. The Morgan fingerprint density at radius 1 is 1.33 bits per heavy atom. The molecule has 1 heterocycles. The highest BCUT2D eigenvalue weighted by Crippen LogP contribution is 2.35. The normalized spacial score (nSPS) is 15.3. The minimum absolute atomic E-state index is 0.182. The summed E-state index contributed by atoms with van der Waals surface area (Å²) in [5.41, 5.74) is 0.657. The zero-order valence-electron chi connectivity index (χ0n) is 9.67. The maximum atomic E-state index is 11.1. The first-order chi connectivity index (χ1) is 8.75. The lowest BCUT2D eigenvalue weighted by atomic mass is 9.85. The summed E-state index contributed by atoms with van der Waals surface area (Å²) in [7, 11) is 0. The van der Waals surface area contributed by atoms with Gasteiger partial charge >= 0.3 is 5.97 Å². The number of hydrogen-bond acceptors (Lipinski definition) is 4. The largest absolute Gasteiger partial charge is 0.478 e. The molecular weight excluding hydrogens is 232 g/mol. The Balaban J connectivity index is 1.99. The standard InChI is InChI=1S/C13H12N2O3/c16-13(17)10-7-2-1-6-9(10)12-14-11(15-18-12)8-4-3-5-8/h1-2,6-8H,3-5H2,(H,16,17). The summed E-state index contributed by atoms with van der Waals surface area (Å²) in [5, 5.41) is 13.0. The van der Waals surface area contributed by atoms with Gasteiger partial charge in [0, 0.05) is 5.92 Å². The van der Waals surface area contributed by atoms with Gasteiger partial charge in [-0.3, -0.25) is 0 Å². The van der Waals surface area contributed by atoms with Crippen molar-refractivity contribution in [2.75, 3.05) is 0 Å². The number of carboxylic acids is 1. The van der Waals surface area contributed by atoms with Gasteiger partial charge in [0.15, 0.2) is 5.82 Å². The molecule has 92 valence electrons. The number of carbonyl (C=O) groups is 1. The lowest BCUT2D eigenvalue weighted by Crippen LogP contribution is -2.10. The highest BCUT2D eigenvalue weighted by Gasteiger charge is 2.25. The molecule has 0 saturated heterocycles. The van der Waals surface area contributed by atoms with Crippen LogP contribution in [0.2, 0.25) is 0 Å². The Morgan fingerprint density at radius 2 is 2.11 bits per heavy atom. The van der Waals surface area contributed by atoms with Crippen LogP contribution in [0.1, 0.15) is 41.4 Å². The van der Waals surface area contributed by atoms with Crippen LogP contribution < -0.4 is 0 Å². The van der Waals surface area contributed by atoms with Crippen molar-refractivity contribution in [2.45, 2.75) is 25.2 Å². The summed E-state index contributed by atoms with van der Waals surface area (Å²) in [5.74, 6) is 0.361. The molecule has 0 unspecified atom stereocenters. The van der Waals surface area contributed by atoms with E-state index in [0.29, 0.717) is 17.3 Å². The van der Waals surface area contributed by atoms with Crippen LogP contribution in [-0.4, -0.2) is 21.2 Å². The maximum absolute atomic E-state index is 11.1. The van der Waals surface area contributed by atoms with Gasteiger partial charge < -0.3 is 9.63 Å². The van der Waals surface area contributed by atoms with E-state index in [1.165, 1.54) is 12.5 Å². The molecule has 1 aromatic carbocycles. The van der Waals surface area contributed by atoms with E-state index in [2.05, 4.69) is 10.1 Å². The summed E-state index contributed by atoms with van der Waals surface area (Å²) in [6.07, 6.45) is 3.36. The molecule has 3 rings (SSSR count). The van der Waals surface area contributed by atoms with E-state index in [9.17, 15) is 4.79 Å². The quantitative estimate of drug-likeness (QED) is 0.898. The summed E-state index contributed by atoms with van der Waals surface area (Å²) in [6.45, 7) is 0. The number of benzene rings is 1. The van der Waals surface area contributed by atoms with Crippen molar-refractivity contribution in [3.63, 3.8) is 0 Å². The monoisotopic (exact) mass is 244 g/mol. The first-order valence-corrected chi connectivity index (χ1v) is 5.92. The summed E-state index contributed by atoms with van der Waals surface area (Å²) >= 11 is 0. The number of carboxylic acid groups (broad SMARTS) is 1. The fourth-order valence-corrected chi connectivity index (χ4v) is 2.03. The molecule has 0 atom stereocenters. The molecule has 0 amide bonds. The maximum Gasteiger partial charge on any atom is 0.336 e. The molecule has 0 bridgehead atoms. The second-order valence-electron chi connectivity index (χ2n) is 4.44. The SMILES string of the molecule is O=C(O)c1ccccc1-c1nc(C2CCC2)no1. The molecule has 5 nitrogen and oxygen atoms in total. The number of hydrogen-bond donors (Lipinski definition) is 1. The smallest absolute Gasteiger partial charge is 0.336 e. The van der Waals surface area contributed by atoms with Crippen LogP contribution >= 0.6 is 0 Å². The average molecular weight is 244 g/mol. The van der Waals surface area contributed by atoms with E-state index in [1.807, 2.05) is 0 Å². The van der Waals surface area contributed by atoms with E-state index in [4.69, 9.17) is 9.63 Å². The van der Waals surface area contributed by atoms with Gasteiger partial charge in [0.25, 0.3) is 5.89 Å². The highest BCUT2D eigenvalue weighted by molar-refractivity contribution is 5.94. The molecule has 1 fully saturated rings. The van der Waals surface area contributed by atoms with Crippen molar-refractivity contribution in [2.24, 2.45) is 0 Å². The van der Waals surface area contributed by atoms with Gasteiger partial charge in [-0.2, -0.15) is 4.98 Å². The van der Waals surface area contributed by atoms with Crippen molar-refractivity contribution in [1.82, 2.24) is 10.1 Å². The van der Waals surface area contributed by atoms with Gasteiger partial charge in [0.1, 0.15) is 0 Å². The minimum atomic E-state index is -0.992. The van der Waals surface area contributed by atoms with E-state index in [0.717, 1.165) is 12.8 Å². The molecule has 0 spiro atoms. The Labute approximate surface area is 103 Å². The summed E-state index contributed by atoms with van der Waals surface area (Å²) in [4.78, 5) is 15.4. The van der Waals surface area contributed by atoms with Crippen molar-refractivity contribution < 1.29 is 14.4 Å². The van der Waals surface area contributed by atoms with Crippen LogP contribution in [-0.2, 0) is 0 Å². The van der Waals surface area contributed by atoms with Gasteiger partial charge in [0.05, 0.1) is 11.1 Å². The molecule has 1 aliphatic carbocycles. The molecule has 18 heavy (non-hydrogen) atoms. The van der Waals surface area contributed by atoms with Crippen LogP contribution in [0.25, 0.3) is 11.5 Å². The van der Waals surface area contributed by atoms with Crippen LogP contribution in [0.5, 0.6) is 0 Å². The fourth-order valence-electron chi connectivity index (χ4n) is 2.03. The molecule has 1 N–H and O–H groups in total. The second-order valence-corrected chi connectivity index (χ2v) is 4.44. The van der Waals surface area contributed by atoms with E-state index in [-0.39, 0.29) is 11.5 Å². The van der Waals surface area contributed by atoms with Crippen LogP contribution in [0.15, 0.2) is 28.8 Å². The molecule has 0 radical (unpaired) electrons. The molecule has 5 heteroatoms. The number of nitrogens with zero attached hydrogens (tertiary/aromatic N) is 2. The molecule has 1 aliphatic rings. The van der Waals surface area contributed by atoms with Crippen LogP contribution in [0, 0.1) is 0 Å². The molecule has 2 aromatic rings. The van der Waals surface area contributed by atoms with Gasteiger partial charge in [-0.05, 0) is 25.0 Å². The van der Waals surface area contributed by atoms with Gasteiger partial charge in [0.2, 0.25) is 0 Å². The van der Waals surface area contributed by atoms with E-state index in [1.54, 1.807) is 18.2 Å². The van der Waals surface area contributed by atoms with Gasteiger partial charge in [-0.15, -0.1) is 0 Å². The third-order valence-corrected chi connectivity index (χ3v) is 3.30. The van der Waals surface area contributed by atoms with Crippen molar-refractivity contribution in [3.05, 3.63) is 35.7 Å². The Hall–Kier alpha value is -2.17. The van der Waals surface area contributed by atoms with Crippen LogP contribution in [0.4, 0.5) is 0 Å². The third-order valence-electron chi connectivity index (χ3n) is 3.30. The van der Waals surface area contributed by atoms with Crippen molar-refractivity contribution in [3.8, 4) is 11.5 Å². The third kappa shape index (κ3) is 1.77. The van der Waals surface area contributed by atoms with E-state index < -0.39 is 5.97 Å². The molecule has 1 aromatic heterocycles. The summed E-state index contributed by atoms with van der Waals surface area (Å²) < 4.78 is 5.17. The minimum Gasteiger partial charge on any atom is -0.478 e. The second kappa shape index (κ2) is 4.25. The zero-order chi connectivity index (χ0) is 12.5. The lowest BCUT2D eigenvalue weighted by molar-refractivity contribution is 0.0697. The average Bonchev–Trinajstić information content (AvgIpc) is 2.76. The Bertz CT molecular complexity index is 587. The fraction of sp³-hybridized carbons (Fsp3) is 0.308. The Kier molecular flexibility index (Phi) is 2.59. The van der Waals surface area contributed by atoms with Crippen LogP contribution in [0.3, 0.4) is 0 Å². The summed E-state index contributed by atoms with van der Waals surface area (Å²) in [6, 6.07) is 6.65.